The Kier molecular flexibility index (Phi) is 8.23. The van der Waals surface area contributed by atoms with Crippen LogP contribution in [0, 0.1) is 0 Å². The molecule has 38 heavy (non-hydrogen) atoms. The van der Waals surface area contributed by atoms with Crippen molar-refractivity contribution in [3.63, 3.8) is 0 Å². The molecule has 8 nitrogen and oxygen atoms in total. The maximum Gasteiger partial charge on any atom is 0.338 e. The Balaban J connectivity index is 1.66. The molecule has 0 atom stereocenters. The Morgan fingerprint density at radius 1 is 0.921 bits per heavy atom. The molecule has 1 heterocycles. The zero-order chi connectivity index (χ0) is 27.2. The molecular weight excluding hydrogens is 480 g/mol. The van der Waals surface area contributed by atoms with Crippen LogP contribution in [-0.4, -0.2) is 57.0 Å². The second-order valence-electron chi connectivity index (χ2n) is 9.23. The lowest BCUT2D eigenvalue weighted by Gasteiger charge is -2.20. The van der Waals surface area contributed by atoms with Gasteiger partial charge in [-0.05, 0) is 63.0 Å². The van der Waals surface area contributed by atoms with Crippen molar-refractivity contribution in [1.29, 1.82) is 0 Å². The minimum atomic E-state index is -0.436. The smallest absolute Gasteiger partial charge is 0.338 e. The van der Waals surface area contributed by atoms with Gasteiger partial charge in [0.1, 0.15) is 0 Å². The summed E-state index contributed by atoms with van der Waals surface area (Å²) in [5.41, 5.74) is 5.11. The second-order valence-corrected chi connectivity index (χ2v) is 9.23. The van der Waals surface area contributed by atoms with Crippen LogP contribution in [0.3, 0.4) is 0 Å². The van der Waals surface area contributed by atoms with Crippen molar-refractivity contribution in [2.24, 2.45) is 0 Å². The van der Waals surface area contributed by atoms with E-state index in [4.69, 9.17) is 4.74 Å². The van der Waals surface area contributed by atoms with E-state index in [0.29, 0.717) is 41.1 Å². The number of carbonyl (C=O) groups is 3. The van der Waals surface area contributed by atoms with Gasteiger partial charge in [-0.25, -0.2) is 4.79 Å². The van der Waals surface area contributed by atoms with Gasteiger partial charge in [0.25, 0.3) is 5.91 Å². The van der Waals surface area contributed by atoms with E-state index in [0.717, 1.165) is 16.9 Å². The second kappa shape index (κ2) is 11.7. The van der Waals surface area contributed by atoms with E-state index in [1.165, 1.54) is 0 Å². The van der Waals surface area contributed by atoms with E-state index < -0.39 is 5.97 Å². The predicted octanol–water partition coefficient (Wildman–Crippen LogP) is 4.71. The summed E-state index contributed by atoms with van der Waals surface area (Å²) in [5.74, 6) is -0.670. The third kappa shape index (κ3) is 5.92. The number of esters is 1. The molecule has 0 saturated heterocycles. The summed E-state index contributed by atoms with van der Waals surface area (Å²) < 4.78 is 5.10. The van der Waals surface area contributed by atoms with Gasteiger partial charge in [0.05, 0.1) is 29.1 Å². The molecule has 2 N–H and O–H groups in total. The summed E-state index contributed by atoms with van der Waals surface area (Å²) in [5, 5.41) is 6.30. The zero-order valence-electron chi connectivity index (χ0n) is 22.1. The number of benzene rings is 3. The molecule has 1 aliphatic rings. The van der Waals surface area contributed by atoms with E-state index in [2.05, 4.69) is 10.6 Å². The minimum Gasteiger partial charge on any atom is -0.462 e. The van der Waals surface area contributed by atoms with Gasteiger partial charge in [-0.15, -0.1) is 0 Å². The van der Waals surface area contributed by atoms with Crippen LogP contribution in [-0.2, 0) is 14.3 Å². The van der Waals surface area contributed by atoms with Crippen LogP contribution in [0.2, 0.25) is 0 Å². The number of amides is 2. The largest absolute Gasteiger partial charge is 0.462 e. The van der Waals surface area contributed by atoms with Crippen LogP contribution in [0.5, 0.6) is 0 Å². The lowest BCUT2D eigenvalue weighted by atomic mass is 9.99. The van der Waals surface area contributed by atoms with Crippen LogP contribution in [0.15, 0.2) is 72.8 Å². The molecule has 0 saturated carbocycles. The molecule has 8 heteroatoms. The van der Waals surface area contributed by atoms with Gasteiger partial charge in [-0.2, -0.15) is 0 Å². The van der Waals surface area contributed by atoms with Crippen molar-refractivity contribution in [2.45, 2.75) is 13.3 Å². The Hall–Kier alpha value is -4.43. The number of anilines is 3. The molecule has 2 amide bonds. The molecule has 1 aliphatic heterocycles. The lowest BCUT2D eigenvalue weighted by molar-refractivity contribution is -0.118. The van der Waals surface area contributed by atoms with E-state index in [1.807, 2.05) is 73.6 Å². The summed E-state index contributed by atoms with van der Waals surface area (Å²) in [7, 11) is 5.64. The highest BCUT2D eigenvalue weighted by atomic mass is 16.5. The van der Waals surface area contributed by atoms with Crippen LogP contribution in [0.1, 0.15) is 34.8 Å². The normalized spacial score (nSPS) is 13.6. The Morgan fingerprint density at radius 2 is 1.63 bits per heavy atom. The fraction of sp³-hybridized carbons (Fsp3) is 0.233. The Morgan fingerprint density at radius 3 is 2.29 bits per heavy atom. The first kappa shape index (κ1) is 26.6. The summed E-state index contributed by atoms with van der Waals surface area (Å²) >= 11 is 0. The summed E-state index contributed by atoms with van der Waals surface area (Å²) in [4.78, 5) is 41.6. The van der Waals surface area contributed by atoms with Crippen molar-refractivity contribution < 1.29 is 19.1 Å². The standard InChI is InChI=1S/C30H32N4O4/c1-5-38-30(37)21-11-16-24-25(19-21)32-29(36)27(24)28(20-9-7-6-8-10-20)31-22-12-14-23(15-13-22)34(4)26(35)17-18-33(2)3/h6-16,19,31H,5,17-18H2,1-4H3,(H,32,36)/b28-27-. The van der Waals surface area contributed by atoms with Crippen molar-refractivity contribution in [2.75, 3.05) is 49.8 Å². The number of carbonyl (C=O) groups excluding carboxylic acids is 3. The van der Waals surface area contributed by atoms with Gasteiger partial charge >= 0.3 is 5.97 Å². The molecule has 0 unspecified atom stereocenters. The first-order chi connectivity index (χ1) is 18.3. The SMILES string of the molecule is CCOC(=O)c1ccc2c(c1)NC(=O)/C2=C(\Nc1ccc(N(C)C(=O)CCN(C)C)cc1)c1ccccc1. The highest BCUT2D eigenvalue weighted by Crippen LogP contribution is 2.38. The van der Waals surface area contributed by atoms with Gasteiger partial charge in [0.15, 0.2) is 0 Å². The number of fused-ring (bicyclic) bond motifs is 1. The maximum absolute atomic E-state index is 13.2. The van der Waals surface area contributed by atoms with Crippen molar-refractivity contribution in [1.82, 2.24) is 4.90 Å². The third-order valence-corrected chi connectivity index (χ3v) is 6.26. The summed E-state index contributed by atoms with van der Waals surface area (Å²) in [6.07, 6.45) is 0.431. The monoisotopic (exact) mass is 512 g/mol. The molecule has 4 rings (SSSR count). The summed E-state index contributed by atoms with van der Waals surface area (Å²) in [6, 6.07) is 22.2. The highest BCUT2D eigenvalue weighted by Gasteiger charge is 2.29. The third-order valence-electron chi connectivity index (χ3n) is 6.26. The quantitative estimate of drug-likeness (QED) is 0.319. The lowest BCUT2D eigenvalue weighted by Crippen LogP contribution is -2.29. The van der Waals surface area contributed by atoms with Crippen molar-refractivity contribution >= 4 is 46.1 Å². The average molecular weight is 513 g/mol. The first-order valence-electron chi connectivity index (χ1n) is 12.5. The van der Waals surface area contributed by atoms with E-state index in [9.17, 15) is 14.4 Å². The first-order valence-corrected chi connectivity index (χ1v) is 12.5. The molecule has 0 aromatic heterocycles. The minimum absolute atomic E-state index is 0.0351. The number of rotatable bonds is 9. The number of nitrogens with zero attached hydrogens (tertiary/aromatic N) is 2. The summed E-state index contributed by atoms with van der Waals surface area (Å²) in [6.45, 7) is 2.70. The number of nitrogens with one attached hydrogen (secondary N) is 2. The molecule has 196 valence electrons. The Bertz CT molecular complexity index is 1360. The van der Waals surface area contributed by atoms with Gasteiger partial charge < -0.3 is 25.2 Å². The van der Waals surface area contributed by atoms with Crippen LogP contribution in [0.25, 0.3) is 11.3 Å². The van der Waals surface area contributed by atoms with Crippen molar-refractivity contribution in [3.05, 3.63) is 89.5 Å². The van der Waals surface area contributed by atoms with Gasteiger partial charge in [0, 0.05) is 37.0 Å². The van der Waals surface area contributed by atoms with Crippen LogP contribution < -0.4 is 15.5 Å². The number of ether oxygens (including phenoxy) is 1. The molecule has 3 aromatic rings. The Labute approximate surface area is 222 Å². The topological polar surface area (TPSA) is 91.0 Å². The van der Waals surface area contributed by atoms with Crippen molar-refractivity contribution in [3.8, 4) is 0 Å². The predicted molar refractivity (Wildman–Crippen MR) is 151 cm³/mol. The fourth-order valence-corrected chi connectivity index (χ4v) is 4.19. The molecule has 0 spiro atoms. The molecule has 0 aliphatic carbocycles. The maximum atomic E-state index is 13.2. The molecule has 0 fully saturated rings. The zero-order valence-corrected chi connectivity index (χ0v) is 22.1. The number of hydrogen-bond donors (Lipinski definition) is 2. The molecule has 0 radical (unpaired) electrons. The number of hydrogen-bond acceptors (Lipinski definition) is 6. The average Bonchev–Trinajstić information content (AvgIpc) is 3.25. The van der Waals surface area contributed by atoms with E-state index >= 15 is 0 Å². The van der Waals surface area contributed by atoms with Crippen LogP contribution >= 0.6 is 0 Å². The fourth-order valence-electron chi connectivity index (χ4n) is 4.19. The molecular formula is C30H32N4O4. The van der Waals surface area contributed by atoms with Gasteiger partial charge in [-0.3, -0.25) is 9.59 Å². The molecule has 0 bridgehead atoms. The van der Waals surface area contributed by atoms with E-state index in [-0.39, 0.29) is 18.4 Å². The highest BCUT2D eigenvalue weighted by molar-refractivity contribution is 6.37. The van der Waals surface area contributed by atoms with Crippen LogP contribution in [0.4, 0.5) is 17.1 Å². The van der Waals surface area contributed by atoms with Gasteiger partial charge in [-0.1, -0.05) is 36.4 Å². The van der Waals surface area contributed by atoms with E-state index in [1.54, 1.807) is 37.1 Å². The molecule has 3 aromatic carbocycles. The van der Waals surface area contributed by atoms with Gasteiger partial charge in [0.2, 0.25) is 5.91 Å².